The van der Waals surface area contributed by atoms with Gasteiger partial charge in [0.1, 0.15) is 0 Å². The minimum atomic E-state index is -0.339. The fourth-order valence-corrected chi connectivity index (χ4v) is 3.60. The number of aromatic nitrogens is 4. The lowest BCUT2D eigenvalue weighted by Gasteiger charge is -2.23. The summed E-state index contributed by atoms with van der Waals surface area (Å²) in [4.78, 5) is 16.1. The van der Waals surface area contributed by atoms with Crippen LogP contribution >= 0.6 is 11.6 Å². The molecule has 0 radical (unpaired) electrons. The number of hydrogen-bond acceptors (Lipinski definition) is 6. The number of benzene rings is 1. The molecule has 1 fully saturated rings. The number of halogens is 1. The van der Waals surface area contributed by atoms with Gasteiger partial charge in [-0.15, -0.1) is 0 Å². The molecule has 0 spiro atoms. The summed E-state index contributed by atoms with van der Waals surface area (Å²) in [6.07, 6.45) is 2.17. The Morgan fingerprint density at radius 1 is 1.25 bits per heavy atom. The first kappa shape index (κ1) is 19.0. The number of fused-ring (bicyclic) bond motifs is 1. The van der Waals surface area contributed by atoms with Gasteiger partial charge in [-0.05, 0) is 38.8 Å². The zero-order chi connectivity index (χ0) is 19.9. The molecule has 1 atom stereocenters. The summed E-state index contributed by atoms with van der Waals surface area (Å²) < 4.78 is 1.99. The molecule has 7 nitrogen and oxygen atoms in total. The molecule has 0 amide bonds. The number of β-amino-alcohol motifs (C(OH)–C–C–N with tert-alkyl or cyclic N) is 1. The standard InChI is InChI=1S/C20H25ClN6O/c1-20(2,3)25-19-23-17(26-9-8-14(28)11-26)16-18(24-19)27(12-22-16)10-13-6-4-5-7-15(13)21/h4-7,12,14,28H,8-11H2,1-3H3,(H,23,24,25)/t14-/m0/s1. The number of aliphatic hydroxyl groups excluding tert-OH is 1. The summed E-state index contributed by atoms with van der Waals surface area (Å²) in [6.45, 7) is 8.09. The highest BCUT2D eigenvalue weighted by Gasteiger charge is 2.26. The fraction of sp³-hybridized carbons (Fsp3) is 0.450. The molecule has 1 aliphatic heterocycles. The Morgan fingerprint density at radius 2 is 2.04 bits per heavy atom. The first-order chi connectivity index (χ1) is 13.3. The lowest BCUT2D eigenvalue weighted by atomic mass is 10.1. The van der Waals surface area contributed by atoms with Gasteiger partial charge in [0.05, 0.1) is 19.0 Å². The van der Waals surface area contributed by atoms with Crippen LogP contribution in [0.5, 0.6) is 0 Å². The summed E-state index contributed by atoms with van der Waals surface area (Å²) in [7, 11) is 0. The van der Waals surface area contributed by atoms with Crippen LogP contribution in [0, 0.1) is 0 Å². The van der Waals surface area contributed by atoms with E-state index in [9.17, 15) is 5.11 Å². The van der Waals surface area contributed by atoms with Gasteiger partial charge < -0.3 is 19.9 Å². The summed E-state index contributed by atoms with van der Waals surface area (Å²) in [5, 5.41) is 14.1. The molecule has 1 saturated heterocycles. The number of imidazole rings is 1. The highest BCUT2D eigenvalue weighted by molar-refractivity contribution is 6.31. The van der Waals surface area contributed by atoms with Crippen molar-refractivity contribution in [3.05, 3.63) is 41.2 Å². The van der Waals surface area contributed by atoms with Crippen molar-refractivity contribution in [2.24, 2.45) is 0 Å². The Kier molecular flexibility index (Phi) is 4.89. The molecular formula is C20H25ClN6O. The molecule has 0 saturated carbocycles. The molecular weight excluding hydrogens is 376 g/mol. The molecule has 3 aromatic rings. The van der Waals surface area contributed by atoms with Gasteiger partial charge in [0.15, 0.2) is 17.0 Å². The van der Waals surface area contributed by atoms with Gasteiger partial charge in [-0.3, -0.25) is 0 Å². The van der Waals surface area contributed by atoms with Crippen LogP contribution in [0.2, 0.25) is 5.02 Å². The van der Waals surface area contributed by atoms with E-state index in [1.165, 1.54) is 0 Å². The van der Waals surface area contributed by atoms with E-state index in [1.54, 1.807) is 6.33 Å². The van der Waals surface area contributed by atoms with E-state index in [1.807, 2.05) is 28.8 Å². The molecule has 28 heavy (non-hydrogen) atoms. The smallest absolute Gasteiger partial charge is 0.227 e. The minimum absolute atomic E-state index is 0.178. The van der Waals surface area contributed by atoms with Gasteiger partial charge in [0.25, 0.3) is 0 Å². The van der Waals surface area contributed by atoms with Crippen LogP contribution in [0.3, 0.4) is 0 Å². The van der Waals surface area contributed by atoms with Crippen LogP contribution in [-0.4, -0.2) is 49.4 Å². The third-order valence-electron chi connectivity index (χ3n) is 4.69. The van der Waals surface area contributed by atoms with Gasteiger partial charge in [0, 0.05) is 23.7 Å². The number of anilines is 2. The van der Waals surface area contributed by atoms with Crippen LogP contribution in [0.4, 0.5) is 11.8 Å². The van der Waals surface area contributed by atoms with Crippen molar-refractivity contribution < 1.29 is 5.11 Å². The molecule has 1 aromatic carbocycles. The second kappa shape index (κ2) is 7.22. The third kappa shape index (κ3) is 3.91. The first-order valence-corrected chi connectivity index (χ1v) is 9.85. The maximum Gasteiger partial charge on any atom is 0.227 e. The van der Waals surface area contributed by atoms with Crippen LogP contribution in [0.25, 0.3) is 11.2 Å². The Hall–Kier alpha value is -2.38. The Morgan fingerprint density at radius 3 is 2.71 bits per heavy atom. The van der Waals surface area contributed by atoms with Gasteiger partial charge in [-0.2, -0.15) is 9.97 Å². The van der Waals surface area contributed by atoms with Gasteiger partial charge in [0.2, 0.25) is 5.95 Å². The molecule has 4 rings (SSSR count). The summed E-state index contributed by atoms with van der Waals surface area (Å²) in [6, 6.07) is 7.77. The van der Waals surface area contributed by atoms with Crippen LogP contribution in [0.1, 0.15) is 32.8 Å². The van der Waals surface area contributed by atoms with Crippen molar-refractivity contribution in [3.63, 3.8) is 0 Å². The van der Waals surface area contributed by atoms with E-state index in [0.29, 0.717) is 24.1 Å². The van der Waals surface area contributed by atoms with Crippen molar-refractivity contribution in [2.75, 3.05) is 23.3 Å². The molecule has 2 N–H and O–H groups in total. The maximum atomic E-state index is 9.98. The Balaban J connectivity index is 1.79. The average Bonchev–Trinajstić information content (AvgIpc) is 3.22. The number of rotatable bonds is 4. The van der Waals surface area contributed by atoms with Crippen molar-refractivity contribution in [3.8, 4) is 0 Å². The molecule has 0 unspecified atom stereocenters. The quantitative estimate of drug-likeness (QED) is 0.699. The number of nitrogens with zero attached hydrogens (tertiary/aromatic N) is 5. The average molecular weight is 401 g/mol. The monoisotopic (exact) mass is 400 g/mol. The Bertz CT molecular complexity index is 996. The van der Waals surface area contributed by atoms with Crippen LogP contribution in [-0.2, 0) is 6.54 Å². The largest absolute Gasteiger partial charge is 0.391 e. The van der Waals surface area contributed by atoms with E-state index >= 15 is 0 Å². The van der Waals surface area contributed by atoms with Crippen LogP contribution < -0.4 is 10.2 Å². The maximum absolute atomic E-state index is 9.98. The van der Waals surface area contributed by atoms with Crippen molar-refractivity contribution in [1.29, 1.82) is 0 Å². The molecule has 148 valence electrons. The minimum Gasteiger partial charge on any atom is -0.391 e. The second-order valence-corrected chi connectivity index (χ2v) is 8.68. The lowest BCUT2D eigenvalue weighted by Crippen LogP contribution is -2.29. The predicted molar refractivity (Wildman–Crippen MR) is 112 cm³/mol. The normalized spacial score (nSPS) is 17.5. The fourth-order valence-electron chi connectivity index (χ4n) is 3.40. The van der Waals surface area contributed by atoms with E-state index in [-0.39, 0.29) is 11.6 Å². The van der Waals surface area contributed by atoms with Gasteiger partial charge >= 0.3 is 0 Å². The number of hydrogen-bond donors (Lipinski definition) is 2. The summed E-state index contributed by atoms with van der Waals surface area (Å²) in [5.74, 6) is 1.31. The molecule has 0 aliphatic carbocycles. The second-order valence-electron chi connectivity index (χ2n) is 8.27. The number of aliphatic hydroxyl groups is 1. The molecule has 8 heteroatoms. The molecule has 0 bridgehead atoms. The molecule has 2 aromatic heterocycles. The lowest BCUT2D eigenvalue weighted by molar-refractivity contribution is 0.198. The van der Waals surface area contributed by atoms with E-state index in [2.05, 4.69) is 36.0 Å². The van der Waals surface area contributed by atoms with Gasteiger partial charge in [-0.25, -0.2) is 4.98 Å². The van der Waals surface area contributed by atoms with Crippen LogP contribution in [0.15, 0.2) is 30.6 Å². The van der Waals surface area contributed by atoms with E-state index in [4.69, 9.17) is 21.6 Å². The third-order valence-corrected chi connectivity index (χ3v) is 5.06. The number of nitrogens with one attached hydrogen (secondary N) is 1. The predicted octanol–water partition coefficient (Wildman–Crippen LogP) is 3.31. The van der Waals surface area contributed by atoms with E-state index in [0.717, 1.165) is 35.5 Å². The molecule has 1 aliphatic rings. The van der Waals surface area contributed by atoms with Crippen molar-refractivity contribution in [1.82, 2.24) is 19.5 Å². The first-order valence-electron chi connectivity index (χ1n) is 9.47. The zero-order valence-corrected chi connectivity index (χ0v) is 17.1. The summed E-state index contributed by atoms with van der Waals surface area (Å²) in [5.41, 5.74) is 2.31. The summed E-state index contributed by atoms with van der Waals surface area (Å²) >= 11 is 6.35. The van der Waals surface area contributed by atoms with E-state index < -0.39 is 0 Å². The SMILES string of the molecule is CC(C)(C)Nc1nc(N2CC[C@H](O)C2)c2ncn(Cc3ccccc3Cl)c2n1. The zero-order valence-electron chi connectivity index (χ0n) is 16.4. The highest BCUT2D eigenvalue weighted by Crippen LogP contribution is 2.29. The topological polar surface area (TPSA) is 79.1 Å². The van der Waals surface area contributed by atoms with Crippen molar-refractivity contribution >= 4 is 34.5 Å². The molecule has 3 heterocycles. The Labute approximate surface area is 169 Å². The highest BCUT2D eigenvalue weighted by atomic mass is 35.5. The van der Waals surface area contributed by atoms with Crippen molar-refractivity contribution in [2.45, 2.75) is 45.4 Å². The van der Waals surface area contributed by atoms with Gasteiger partial charge in [-0.1, -0.05) is 29.8 Å².